The fourth-order valence-corrected chi connectivity index (χ4v) is 2.54. The summed E-state index contributed by atoms with van der Waals surface area (Å²) in [7, 11) is 1.87. The number of ether oxygens (including phenoxy) is 1. The van der Waals surface area contributed by atoms with E-state index in [1.54, 1.807) is 0 Å². The molecule has 0 unspecified atom stereocenters. The van der Waals surface area contributed by atoms with E-state index in [2.05, 4.69) is 26.1 Å². The molecule has 0 aliphatic rings. The molecule has 0 radical (unpaired) electrons. The second kappa shape index (κ2) is 7.63. The number of carbonyl (C=O) groups excluding carboxylic acids is 1. The van der Waals surface area contributed by atoms with Crippen molar-refractivity contribution in [1.82, 2.24) is 5.32 Å². The second-order valence-electron chi connectivity index (χ2n) is 7.14. The summed E-state index contributed by atoms with van der Waals surface area (Å²) in [5, 5.41) is 3.17. The van der Waals surface area contributed by atoms with Crippen LogP contribution < -0.4 is 5.32 Å². The number of likely N-dealkylation sites (N-methyl/N-ethyl adjacent to an activating group) is 1. The van der Waals surface area contributed by atoms with Crippen molar-refractivity contribution in [3.05, 3.63) is 71.3 Å². The summed E-state index contributed by atoms with van der Waals surface area (Å²) in [5.74, 6) is -0.300. The zero-order valence-corrected chi connectivity index (χ0v) is 15.2. The van der Waals surface area contributed by atoms with E-state index in [9.17, 15) is 4.79 Å². The first-order valence-corrected chi connectivity index (χ1v) is 8.36. The van der Waals surface area contributed by atoms with Crippen molar-refractivity contribution in [1.29, 1.82) is 0 Å². The Morgan fingerprint density at radius 1 is 1.00 bits per heavy atom. The van der Waals surface area contributed by atoms with Crippen LogP contribution in [0.3, 0.4) is 0 Å². The second-order valence-corrected chi connectivity index (χ2v) is 7.14. The fourth-order valence-electron chi connectivity index (χ4n) is 2.54. The lowest BCUT2D eigenvalue weighted by molar-refractivity contribution is 0.0219. The Balaban J connectivity index is 2.19. The average molecular weight is 325 g/mol. The molecule has 2 aromatic rings. The minimum atomic E-state index is -0.328. The Morgan fingerprint density at radius 3 is 2.08 bits per heavy atom. The lowest BCUT2D eigenvalue weighted by Crippen LogP contribution is -2.32. The lowest BCUT2D eigenvalue weighted by atomic mass is 9.87. The van der Waals surface area contributed by atoms with Gasteiger partial charge in [0.05, 0.1) is 5.56 Å². The normalized spacial score (nSPS) is 14.0. The van der Waals surface area contributed by atoms with Gasteiger partial charge >= 0.3 is 5.97 Å². The van der Waals surface area contributed by atoms with Crippen molar-refractivity contribution in [2.24, 2.45) is 0 Å². The number of carbonyl (C=O) groups is 1. The van der Waals surface area contributed by atoms with Gasteiger partial charge in [0, 0.05) is 6.04 Å². The molecule has 3 heteroatoms. The van der Waals surface area contributed by atoms with E-state index < -0.39 is 0 Å². The van der Waals surface area contributed by atoms with Gasteiger partial charge in [-0.25, -0.2) is 4.79 Å². The number of rotatable bonds is 5. The maximum absolute atomic E-state index is 12.6. The van der Waals surface area contributed by atoms with Gasteiger partial charge in [-0.3, -0.25) is 0 Å². The highest BCUT2D eigenvalue weighted by Gasteiger charge is 2.23. The van der Waals surface area contributed by atoms with Crippen LogP contribution in [0.1, 0.15) is 55.3 Å². The van der Waals surface area contributed by atoms with Gasteiger partial charge in [0.25, 0.3) is 0 Å². The summed E-state index contributed by atoms with van der Waals surface area (Å²) in [6.45, 7) is 8.47. The molecule has 0 aromatic heterocycles. The fraction of sp³-hybridized carbons (Fsp3) is 0.381. The van der Waals surface area contributed by atoms with E-state index in [-0.39, 0.29) is 23.5 Å². The van der Waals surface area contributed by atoms with E-state index in [1.807, 2.05) is 68.6 Å². The van der Waals surface area contributed by atoms with Gasteiger partial charge in [-0.1, -0.05) is 63.2 Å². The van der Waals surface area contributed by atoms with Crippen molar-refractivity contribution in [2.75, 3.05) is 7.05 Å². The first-order valence-electron chi connectivity index (χ1n) is 8.36. The summed E-state index contributed by atoms with van der Waals surface area (Å²) in [5.41, 5.74) is 2.82. The topological polar surface area (TPSA) is 38.3 Å². The summed E-state index contributed by atoms with van der Waals surface area (Å²) < 4.78 is 5.80. The average Bonchev–Trinajstić information content (AvgIpc) is 2.59. The van der Waals surface area contributed by atoms with Crippen LogP contribution in [-0.2, 0) is 10.2 Å². The molecule has 2 atom stereocenters. The van der Waals surface area contributed by atoms with E-state index in [0.29, 0.717) is 5.56 Å². The zero-order valence-electron chi connectivity index (χ0n) is 15.2. The van der Waals surface area contributed by atoms with Crippen LogP contribution >= 0.6 is 0 Å². The molecule has 0 aliphatic heterocycles. The molecule has 0 saturated carbocycles. The Bertz CT molecular complexity index is 656. The van der Waals surface area contributed by atoms with Gasteiger partial charge in [-0.05, 0) is 42.6 Å². The van der Waals surface area contributed by atoms with Gasteiger partial charge in [0.15, 0.2) is 0 Å². The lowest BCUT2D eigenvalue weighted by Gasteiger charge is -2.24. The van der Waals surface area contributed by atoms with Crippen LogP contribution in [0.25, 0.3) is 0 Å². The zero-order chi connectivity index (χ0) is 17.7. The summed E-state index contributed by atoms with van der Waals surface area (Å²) >= 11 is 0. The van der Waals surface area contributed by atoms with E-state index in [0.717, 1.165) is 5.56 Å². The summed E-state index contributed by atoms with van der Waals surface area (Å²) in [4.78, 5) is 12.6. The highest BCUT2D eigenvalue weighted by atomic mass is 16.5. The molecule has 2 aromatic carbocycles. The minimum absolute atomic E-state index is 0.0187. The van der Waals surface area contributed by atoms with Crippen LogP contribution in [0, 0.1) is 0 Å². The molecule has 0 saturated heterocycles. The van der Waals surface area contributed by atoms with Crippen LogP contribution in [0.5, 0.6) is 0 Å². The standard InChI is InChI=1S/C21H27NO2/c1-15(22-5)19(16-9-7-6-8-10-16)24-20(23)17-11-13-18(14-12-17)21(2,3)4/h6-15,19,22H,1-5H3/t15-,19-/m1/s1. The number of esters is 1. The Hall–Kier alpha value is -2.13. The third kappa shape index (κ3) is 4.45. The molecule has 0 bridgehead atoms. The van der Waals surface area contributed by atoms with Crippen LogP contribution in [-0.4, -0.2) is 19.1 Å². The number of hydrogen-bond donors (Lipinski definition) is 1. The molecular weight excluding hydrogens is 298 g/mol. The predicted octanol–water partition coefficient (Wildman–Crippen LogP) is 4.49. The largest absolute Gasteiger partial charge is 0.452 e. The third-order valence-electron chi connectivity index (χ3n) is 4.26. The van der Waals surface area contributed by atoms with Crippen molar-refractivity contribution >= 4 is 5.97 Å². The molecule has 2 rings (SSSR count). The Morgan fingerprint density at radius 2 is 1.58 bits per heavy atom. The van der Waals surface area contributed by atoms with Crippen LogP contribution in [0.4, 0.5) is 0 Å². The van der Waals surface area contributed by atoms with Gasteiger partial charge in [-0.15, -0.1) is 0 Å². The molecule has 0 spiro atoms. The summed E-state index contributed by atoms with van der Waals surface area (Å²) in [6, 6.07) is 17.5. The molecule has 128 valence electrons. The van der Waals surface area contributed by atoms with Gasteiger partial charge in [0.1, 0.15) is 6.10 Å². The molecule has 0 amide bonds. The summed E-state index contributed by atoms with van der Waals surface area (Å²) in [6.07, 6.45) is -0.328. The van der Waals surface area contributed by atoms with E-state index in [4.69, 9.17) is 4.74 Å². The Labute approximate surface area is 145 Å². The van der Waals surface area contributed by atoms with Crippen molar-refractivity contribution in [3.63, 3.8) is 0 Å². The van der Waals surface area contributed by atoms with Crippen molar-refractivity contribution in [2.45, 2.75) is 45.3 Å². The smallest absolute Gasteiger partial charge is 0.338 e. The van der Waals surface area contributed by atoms with Crippen molar-refractivity contribution in [3.8, 4) is 0 Å². The molecular formula is C21H27NO2. The molecule has 0 fully saturated rings. The van der Waals surface area contributed by atoms with Gasteiger partial charge < -0.3 is 10.1 Å². The molecule has 0 aliphatic carbocycles. The number of hydrogen-bond acceptors (Lipinski definition) is 3. The number of benzene rings is 2. The third-order valence-corrected chi connectivity index (χ3v) is 4.26. The predicted molar refractivity (Wildman–Crippen MR) is 98.3 cm³/mol. The number of nitrogens with one attached hydrogen (secondary N) is 1. The maximum atomic E-state index is 12.6. The molecule has 3 nitrogen and oxygen atoms in total. The Kier molecular flexibility index (Phi) is 5.79. The maximum Gasteiger partial charge on any atom is 0.338 e. The first-order chi connectivity index (χ1) is 11.3. The van der Waals surface area contributed by atoms with E-state index in [1.165, 1.54) is 5.56 Å². The molecule has 1 N–H and O–H groups in total. The van der Waals surface area contributed by atoms with Crippen LogP contribution in [0.2, 0.25) is 0 Å². The quantitative estimate of drug-likeness (QED) is 0.823. The van der Waals surface area contributed by atoms with E-state index >= 15 is 0 Å². The van der Waals surface area contributed by atoms with Crippen LogP contribution in [0.15, 0.2) is 54.6 Å². The highest BCUT2D eigenvalue weighted by Crippen LogP contribution is 2.25. The SMILES string of the molecule is CN[C@H](C)[C@@H](OC(=O)c1ccc(C(C)(C)C)cc1)c1ccccc1. The van der Waals surface area contributed by atoms with Crippen molar-refractivity contribution < 1.29 is 9.53 Å². The minimum Gasteiger partial charge on any atom is -0.452 e. The van der Waals surface area contributed by atoms with Gasteiger partial charge in [-0.2, -0.15) is 0 Å². The molecule has 24 heavy (non-hydrogen) atoms. The van der Waals surface area contributed by atoms with Gasteiger partial charge in [0.2, 0.25) is 0 Å². The highest BCUT2D eigenvalue weighted by molar-refractivity contribution is 5.89. The molecule has 0 heterocycles. The monoisotopic (exact) mass is 325 g/mol. The first kappa shape index (κ1) is 18.2.